The van der Waals surface area contributed by atoms with E-state index in [1.165, 1.54) is 42.9 Å². The van der Waals surface area contributed by atoms with Crippen molar-refractivity contribution in [3.63, 3.8) is 0 Å². The van der Waals surface area contributed by atoms with Crippen LogP contribution >= 0.6 is 22.7 Å². The third kappa shape index (κ3) is 3.33. The number of carbonyl (C=O) groups excluding carboxylic acids is 1. The van der Waals surface area contributed by atoms with Gasteiger partial charge in [0.05, 0.1) is 9.58 Å². The number of nitrogens with zero attached hydrogens (tertiary/aromatic N) is 3. The van der Waals surface area contributed by atoms with E-state index in [1.54, 1.807) is 23.5 Å². The first-order valence-corrected chi connectivity index (χ1v) is 10.8. The fourth-order valence-corrected chi connectivity index (χ4v) is 6.00. The van der Waals surface area contributed by atoms with E-state index in [1.807, 2.05) is 6.07 Å². The van der Waals surface area contributed by atoms with E-state index < -0.39 is 0 Å². The Morgan fingerprint density at radius 2 is 2.04 bits per heavy atom. The molecule has 2 aliphatic heterocycles. The molecular weight excluding hydrogens is 383 g/mol. The second-order valence-corrected chi connectivity index (χ2v) is 9.06. The Balaban J connectivity index is 1.31. The van der Waals surface area contributed by atoms with Gasteiger partial charge < -0.3 is 10.2 Å². The molecule has 1 aromatic carbocycles. The zero-order valence-corrected chi connectivity index (χ0v) is 16.3. The Morgan fingerprint density at radius 3 is 2.85 bits per heavy atom. The molecule has 2 aliphatic rings. The van der Waals surface area contributed by atoms with E-state index in [2.05, 4.69) is 15.1 Å². The number of piperazine rings is 1. The molecule has 27 heavy (non-hydrogen) atoms. The monoisotopic (exact) mass is 402 g/mol. The van der Waals surface area contributed by atoms with Crippen molar-refractivity contribution in [1.29, 1.82) is 0 Å². The van der Waals surface area contributed by atoms with Crippen molar-refractivity contribution >= 4 is 48.9 Å². The van der Waals surface area contributed by atoms with Gasteiger partial charge in [-0.05, 0) is 49.7 Å². The summed E-state index contributed by atoms with van der Waals surface area (Å²) in [5, 5.41) is 3.87. The van der Waals surface area contributed by atoms with Crippen LogP contribution in [0.25, 0.3) is 9.53 Å². The Bertz CT molecular complexity index is 952. The number of hydrogen-bond acceptors (Lipinski definition) is 6. The second kappa shape index (κ2) is 6.85. The SMILES string of the molecule is O=C(Nc1ccc(F)cc1)c1cc2sc(N3CCN4CCCC4C3)nc2s1. The van der Waals surface area contributed by atoms with E-state index in [4.69, 9.17) is 4.98 Å². The maximum Gasteiger partial charge on any atom is 0.265 e. The van der Waals surface area contributed by atoms with Crippen LogP contribution in [0.4, 0.5) is 15.2 Å². The largest absolute Gasteiger partial charge is 0.345 e. The molecule has 2 aromatic heterocycles. The minimum absolute atomic E-state index is 0.182. The van der Waals surface area contributed by atoms with Gasteiger partial charge in [0.2, 0.25) is 0 Å². The molecule has 4 heterocycles. The zero-order chi connectivity index (χ0) is 18.4. The number of benzene rings is 1. The fourth-order valence-electron chi connectivity index (χ4n) is 3.86. The van der Waals surface area contributed by atoms with E-state index >= 15 is 0 Å². The van der Waals surface area contributed by atoms with Crippen molar-refractivity contribution in [2.45, 2.75) is 18.9 Å². The number of halogens is 1. The van der Waals surface area contributed by atoms with Crippen molar-refractivity contribution in [1.82, 2.24) is 9.88 Å². The molecule has 1 unspecified atom stereocenters. The Labute approximate surface area is 164 Å². The summed E-state index contributed by atoms with van der Waals surface area (Å²) >= 11 is 3.07. The van der Waals surface area contributed by atoms with Crippen LogP contribution < -0.4 is 10.2 Å². The van der Waals surface area contributed by atoms with Crippen LogP contribution in [-0.2, 0) is 0 Å². The predicted molar refractivity (Wildman–Crippen MR) is 109 cm³/mol. The minimum Gasteiger partial charge on any atom is -0.345 e. The third-order valence-electron chi connectivity index (χ3n) is 5.26. The number of thiazole rings is 1. The highest BCUT2D eigenvalue weighted by atomic mass is 32.1. The van der Waals surface area contributed by atoms with Crippen LogP contribution in [0.2, 0.25) is 0 Å². The predicted octanol–water partition coefficient (Wildman–Crippen LogP) is 4.03. The van der Waals surface area contributed by atoms with Gasteiger partial charge in [-0.2, -0.15) is 0 Å². The van der Waals surface area contributed by atoms with Gasteiger partial charge >= 0.3 is 0 Å². The maximum absolute atomic E-state index is 13.0. The number of anilines is 2. The lowest BCUT2D eigenvalue weighted by Gasteiger charge is -2.37. The molecule has 3 aromatic rings. The van der Waals surface area contributed by atoms with Crippen molar-refractivity contribution < 1.29 is 9.18 Å². The average molecular weight is 403 g/mol. The number of rotatable bonds is 3. The standard InChI is InChI=1S/C19H19FN4OS2/c20-12-3-5-13(6-4-12)21-17(25)15-10-16-18(26-15)22-19(27-16)24-9-8-23-7-1-2-14(23)11-24/h3-6,10,14H,1-2,7-9,11H2,(H,21,25). The highest BCUT2D eigenvalue weighted by Gasteiger charge is 2.31. The first-order chi connectivity index (χ1) is 13.2. The molecule has 140 valence electrons. The van der Waals surface area contributed by atoms with Gasteiger partial charge in [0, 0.05) is 31.4 Å². The first kappa shape index (κ1) is 17.1. The van der Waals surface area contributed by atoms with Crippen LogP contribution in [0.3, 0.4) is 0 Å². The maximum atomic E-state index is 13.0. The number of amides is 1. The summed E-state index contributed by atoms with van der Waals surface area (Å²) in [6.45, 7) is 4.43. The second-order valence-electron chi connectivity index (χ2n) is 7.02. The average Bonchev–Trinajstić information content (AvgIpc) is 3.36. The summed E-state index contributed by atoms with van der Waals surface area (Å²) in [7, 11) is 0. The van der Waals surface area contributed by atoms with Crippen LogP contribution in [0.5, 0.6) is 0 Å². The van der Waals surface area contributed by atoms with Crippen LogP contribution in [0.15, 0.2) is 30.3 Å². The van der Waals surface area contributed by atoms with Crippen LogP contribution in [0, 0.1) is 5.82 Å². The summed E-state index contributed by atoms with van der Waals surface area (Å²) in [5.74, 6) is -0.502. The lowest BCUT2D eigenvalue weighted by atomic mass is 10.2. The lowest BCUT2D eigenvalue weighted by Crippen LogP contribution is -2.50. The molecule has 2 saturated heterocycles. The first-order valence-electron chi connectivity index (χ1n) is 9.12. The van der Waals surface area contributed by atoms with Crippen molar-refractivity contribution in [3.05, 3.63) is 41.0 Å². The number of nitrogens with one attached hydrogen (secondary N) is 1. The Morgan fingerprint density at radius 1 is 1.19 bits per heavy atom. The summed E-state index contributed by atoms with van der Waals surface area (Å²) in [5.41, 5.74) is 0.584. The summed E-state index contributed by atoms with van der Waals surface area (Å²) in [4.78, 5) is 23.7. The zero-order valence-electron chi connectivity index (χ0n) is 14.7. The Hall–Kier alpha value is -2.03. The highest BCUT2D eigenvalue weighted by molar-refractivity contribution is 7.29. The van der Waals surface area contributed by atoms with Crippen molar-refractivity contribution in [3.8, 4) is 0 Å². The molecule has 0 bridgehead atoms. The van der Waals surface area contributed by atoms with Gasteiger partial charge in [0.1, 0.15) is 10.6 Å². The van der Waals surface area contributed by atoms with Gasteiger partial charge in [-0.15, -0.1) is 11.3 Å². The molecule has 8 heteroatoms. The van der Waals surface area contributed by atoms with E-state index in [-0.39, 0.29) is 11.7 Å². The molecule has 0 spiro atoms. The minimum atomic E-state index is -0.320. The lowest BCUT2D eigenvalue weighted by molar-refractivity contribution is 0.103. The Kier molecular flexibility index (Phi) is 4.34. The van der Waals surface area contributed by atoms with Crippen LogP contribution in [0.1, 0.15) is 22.5 Å². The summed E-state index contributed by atoms with van der Waals surface area (Å²) < 4.78 is 14.0. The summed E-state index contributed by atoms with van der Waals surface area (Å²) in [6.07, 6.45) is 2.59. The molecule has 5 rings (SSSR count). The van der Waals surface area contributed by atoms with Crippen molar-refractivity contribution in [2.24, 2.45) is 0 Å². The molecule has 1 amide bonds. The number of hydrogen-bond donors (Lipinski definition) is 1. The molecule has 0 aliphatic carbocycles. The quantitative estimate of drug-likeness (QED) is 0.719. The normalized spacial score (nSPS) is 20.2. The van der Waals surface area contributed by atoms with Crippen molar-refractivity contribution in [2.75, 3.05) is 36.4 Å². The smallest absolute Gasteiger partial charge is 0.265 e. The number of aromatic nitrogens is 1. The highest BCUT2D eigenvalue weighted by Crippen LogP contribution is 2.36. The molecule has 5 nitrogen and oxygen atoms in total. The van der Waals surface area contributed by atoms with Gasteiger partial charge in [-0.25, -0.2) is 9.37 Å². The van der Waals surface area contributed by atoms with E-state index in [9.17, 15) is 9.18 Å². The molecule has 1 atom stereocenters. The van der Waals surface area contributed by atoms with Gasteiger partial charge in [0.15, 0.2) is 5.13 Å². The van der Waals surface area contributed by atoms with Crippen LogP contribution in [-0.4, -0.2) is 48.0 Å². The van der Waals surface area contributed by atoms with Gasteiger partial charge in [0.25, 0.3) is 5.91 Å². The van der Waals surface area contributed by atoms with E-state index in [0.717, 1.165) is 34.3 Å². The van der Waals surface area contributed by atoms with E-state index in [0.29, 0.717) is 16.6 Å². The number of fused-ring (bicyclic) bond motifs is 2. The van der Waals surface area contributed by atoms with Gasteiger partial charge in [-0.1, -0.05) is 11.3 Å². The molecule has 0 saturated carbocycles. The van der Waals surface area contributed by atoms with Gasteiger partial charge in [-0.3, -0.25) is 9.69 Å². The fraction of sp³-hybridized carbons (Fsp3) is 0.368. The topological polar surface area (TPSA) is 48.5 Å². The number of carbonyl (C=O) groups is 1. The third-order valence-corrected chi connectivity index (χ3v) is 7.48. The summed E-state index contributed by atoms with van der Waals surface area (Å²) in [6, 6.07) is 8.36. The molecular formula is C19H19FN4OS2. The molecule has 0 radical (unpaired) electrons. The molecule has 2 fully saturated rings. The number of thiophene rings is 1. The molecule has 1 N–H and O–H groups in total.